The normalized spacial score (nSPS) is 51.0. The SMILES string of the molecule is CC12CCC(OP(=O)(O)Cl)CC1CCC1C2CCC2(C)C(c3ccc(=O)oc3)CC3OC312. The third kappa shape index (κ3) is 2.95. The maximum Gasteiger partial charge on any atom is 0.421 e. The van der Waals surface area contributed by atoms with E-state index in [2.05, 4.69) is 13.8 Å². The Labute approximate surface area is 193 Å². The van der Waals surface area contributed by atoms with Gasteiger partial charge in [0.1, 0.15) is 5.60 Å². The van der Waals surface area contributed by atoms with Gasteiger partial charge in [-0.25, -0.2) is 9.36 Å². The Hall–Kier alpha value is -0.650. The summed E-state index contributed by atoms with van der Waals surface area (Å²) in [5.74, 6) is 2.00. The van der Waals surface area contributed by atoms with Crippen molar-refractivity contribution in [2.75, 3.05) is 0 Å². The van der Waals surface area contributed by atoms with Gasteiger partial charge in [-0.05, 0) is 92.1 Å². The van der Waals surface area contributed by atoms with Gasteiger partial charge in [-0.15, -0.1) is 0 Å². The molecule has 6 rings (SSSR count). The van der Waals surface area contributed by atoms with Gasteiger partial charge in [-0.1, -0.05) is 13.8 Å². The molecule has 176 valence electrons. The lowest BCUT2D eigenvalue weighted by Gasteiger charge is -2.61. The Morgan fingerprint density at radius 2 is 1.94 bits per heavy atom. The predicted octanol–water partition coefficient (Wildman–Crippen LogP) is 5.62. The van der Waals surface area contributed by atoms with Crippen LogP contribution in [0.3, 0.4) is 0 Å². The van der Waals surface area contributed by atoms with Crippen molar-refractivity contribution in [3.63, 3.8) is 0 Å². The van der Waals surface area contributed by atoms with Crippen molar-refractivity contribution in [3.05, 3.63) is 34.4 Å². The van der Waals surface area contributed by atoms with Crippen molar-refractivity contribution in [2.45, 2.75) is 88.9 Å². The maximum atomic E-state index is 11.6. The molecule has 0 aromatic carbocycles. The quantitative estimate of drug-likeness (QED) is 0.444. The molecular weight excluding hydrogens is 451 g/mol. The van der Waals surface area contributed by atoms with Crippen LogP contribution in [0.1, 0.15) is 76.7 Å². The van der Waals surface area contributed by atoms with Crippen molar-refractivity contribution in [3.8, 4) is 0 Å². The number of halogens is 1. The van der Waals surface area contributed by atoms with Crippen LogP contribution in [0.15, 0.2) is 27.6 Å². The molecule has 0 bridgehead atoms. The lowest BCUT2D eigenvalue weighted by Crippen LogP contribution is -2.58. The van der Waals surface area contributed by atoms with Crippen LogP contribution in [-0.4, -0.2) is 22.7 Å². The lowest BCUT2D eigenvalue weighted by atomic mass is 9.44. The minimum absolute atomic E-state index is 0.0599. The largest absolute Gasteiger partial charge is 0.431 e. The average Bonchev–Trinajstić information content (AvgIpc) is 3.38. The smallest absolute Gasteiger partial charge is 0.421 e. The van der Waals surface area contributed by atoms with Gasteiger partial charge in [0, 0.05) is 22.7 Å². The maximum absolute atomic E-state index is 11.6. The van der Waals surface area contributed by atoms with Gasteiger partial charge in [0.2, 0.25) is 0 Å². The zero-order valence-electron chi connectivity index (χ0n) is 18.7. The van der Waals surface area contributed by atoms with E-state index < -0.39 is 6.95 Å². The highest BCUT2D eigenvalue weighted by molar-refractivity contribution is 7.80. The van der Waals surface area contributed by atoms with Crippen molar-refractivity contribution < 1.29 is 23.1 Å². The van der Waals surface area contributed by atoms with Crippen LogP contribution < -0.4 is 5.63 Å². The fourth-order valence-electron chi connectivity index (χ4n) is 9.00. The van der Waals surface area contributed by atoms with Crippen LogP contribution >= 0.6 is 18.2 Å². The molecule has 4 saturated carbocycles. The third-order valence-corrected chi connectivity index (χ3v) is 11.2. The summed E-state index contributed by atoms with van der Waals surface area (Å²) in [6.07, 6.45) is 9.89. The Kier molecular flexibility index (Phi) is 4.74. The molecule has 10 unspecified atom stereocenters. The molecule has 1 spiro atoms. The second-order valence-electron chi connectivity index (χ2n) is 11.5. The van der Waals surface area contributed by atoms with E-state index in [0.29, 0.717) is 29.8 Å². The van der Waals surface area contributed by atoms with Crippen molar-refractivity contribution in [2.24, 2.45) is 28.6 Å². The summed E-state index contributed by atoms with van der Waals surface area (Å²) in [7, 11) is 0. The van der Waals surface area contributed by atoms with E-state index >= 15 is 0 Å². The topological polar surface area (TPSA) is 89.3 Å². The van der Waals surface area contributed by atoms with Gasteiger partial charge in [0.15, 0.2) is 0 Å². The van der Waals surface area contributed by atoms with Crippen LogP contribution in [0, 0.1) is 28.6 Å². The second-order valence-corrected chi connectivity index (χ2v) is 13.9. The number of epoxide rings is 1. The zero-order valence-corrected chi connectivity index (χ0v) is 20.3. The molecule has 6 nitrogen and oxygen atoms in total. The summed E-state index contributed by atoms with van der Waals surface area (Å²) in [6.45, 7) is 0.876. The molecule has 0 amide bonds. The molecular formula is C24H32ClO6P. The summed E-state index contributed by atoms with van der Waals surface area (Å²) in [6, 6.07) is 3.49. The fraction of sp³-hybridized carbons (Fsp3) is 0.792. The Morgan fingerprint density at radius 1 is 1.12 bits per heavy atom. The first-order valence-corrected chi connectivity index (χ1v) is 14.5. The van der Waals surface area contributed by atoms with Crippen molar-refractivity contribution in [1.29, 1.82) is 0 Å². The van der Waals surface area contributed by atoms with E-state index in [4.69, 9.17) is 24.9 Å². The number of hydrogen-bond acceptors (Lipinski definition) is 5. The summed E-state index contributed by atoms with van der Waals surface area (Å²) in [5, 5.41) is 0. The molecule has 5 fully saturated rings. The first-order valence-electron chi connectivity index (χ1n) is 12.0. The molecule has 5 aliphatic rings. The van der Waals surface area contributed by atoms with Gasteiger partial charge in [-0.2, -0.15) is 0 Å². The number of ether oxygens (including phenoxy) is 1. The number of rotatable bonds is 3. The van der Waals surface area contributed by atoms with Gasteiger partial charge >= 0.3 is 12.6 Å². The van der Waals surface area contributed by atoms with Gasteiger partial charge in [0.25, 0.3) is 0 Å². The van der Waals surface area contributed by atoms with E-state index in [1.807, 2.05) is 6.07 Å². The summed E-state index contributed by atoms with van der Waals surface area (Å²) < 4.78 is 28.7. The zero-order chi connectivity index (χ0) is 22.5. The fourth-order valence-corrected chi connectivity index (χ4v) is 9.90. The minimum atomic E-state index is -3.97. The van der Waals surface area contributed by atoms with Gasteiger partial charge in [-0.3, -0.25) is 4.52 Å². The molecule has 0 radical (unpaired) electrons. The molecule has 1 saturated heterocycles. The highest BCUT2D eigenvalue weighted by Gasteiger charge is 2.80. The third-order valence-electron chi connectivity index (χ3n) is 10.4. The summed E-state index contributed by atoms with van der Waals surface area (Å²) >= 11 is 5.51. The van der Waals surface area contributed by atoms with Crippen LogP contribution in [0.4, 0.5) is 0 Å². The molecule has 10 atom stereocenters. The molecule has 8 heteroatoms. The van der Waals surface area contributed by atoms with Crippen LogP contribution in [0.2, 0.25) is 0 Å². The standard InChI is InChI=1S/C24H32ClO6P/c1-22-9-7-16(31-32(25,27)28)11-15(22)4-5-18-17(22)8-10-23(2)19(12-20-24(18,23)30-20)14-3-6-21(26)29-13-14/h3,6,13,15-20H,4-5,7-12H2,1-2H3,(H,27,28). The summed E-state index contributed by atoms with van der Waals surface area (Å²) in [5.41, 5.74) is 1.04. The van der Waals surface area contributed by atoms with Crippen molar-refractivity contribution in [1.82, 2.24) is 0 Å². The predicted molar refractivity (Wildman–Crippen MR) is 119 cm³/mol. The molecule has 4 aliphatic carbocycles. The van der Waals surface area contributed by atoms with E-state index in [1.54, 1.807) is 12.3 Å². The first kappa shape index (κ1) is 21.9. The van der Waals surface area contributed by atoms with Crippen LogP contribution in [-0.2, 0) is 13.8 Å². The Balaban J connectivity index is 1.27. The van der Waals surface area contributed by atoms with Crippen molar-refractivity contribution >= 4 is 18.2 Å². The number of hydrogen-bond donors (Lipinski definition) is 1. The first-order chi connectivity index (χ1) is 15.1. The lowest BCUT2D eigenvalue weighted by molar-refractivity contribution is -0.137. The van der Waals surface area contributed by atoms with Gasteiger partial charge < -0.3 is 14.0 Å². The average molecular weight is 483 g/mol. The van der Waals surface area contributed by atoms with E-state index in [9.17, 15) is 14.3 Å². The van der Waals surface area contributed by atoms with Gasteiger partial charge in [0.05, 0.1) is 18.5 Å². The minimum Gasteiger partial charge on any atom is -0.431 e. The molecule has 1 N–H and O–H groups in total. The Morgan fingerprint density at radius 3 is 2.66 bits per heavy atom. The molecule has 1 aromatic heterocycles. The Bertz CT molecular complexity index is 1020. The second kappa shape index (κ2) is 6.95. The highest BCUT2D eigenvalue weighted by Crippen LogP contribution is 2.78. The van der Waals surface area contributed by atoms with E-state index in [0.717, 1.165) is 50.5 Å². The van der Waals surface area contributed by atoms with Crippen LogP contribution in [0.5, 0.6) is 0 Å². The molecule has 1 aliphatic heterocycles. The van der Waals surface area contributed by atoms with Crippen LogP contribution in [0.25, 0.3) is 0 Å². The van der Waals surface area contributed by atoms with E-state index in [-0.39, 0.29) is 28.2 Å². The van der Waals surface area contributed by atoms with E-state index in [1.165, 1.54) is 6.42 Å². The summed E-state index contributed by atoms with van der Waals surface area (Å²) in [4.78, 5) is 21.0. The number of fused-ring (bicyclic) bond motifs is 3. The highest BCUT2D eigenvalue weighted by atomic mass is 35.7. The monoisotopic (exact) mass is 482 g/mol. The molecule has 1 aromatic rings. The molecule has 2 heterocycles. The molecule has 32 heavy (non-hydrogen) atoms.